The highest BCUT2D eigenvalue weighted by atomic mass is 14.4. The van der Waals surface area contributed by atoms with E-state index in [0.29, 0.717) is 5.92 Å². The van der Waals surface area contributed by atoms with E-state index >= 15 is 0 Å². The monoisotopic (exact) mass is 236 g/mol. The third-order valence-corrected chi connectivity index (χ3v) is 4.39. The lowest BCUT2D eigenvalue weighted by atomic mass is 9.77. The smallest absolute Gasteiger partial charge is 0.0155 e. The summed E-state index contributed by atoms with van der Waals surface area (Å²) in [4.78, 5) is 0. The first-order chi connectivity index (χ1) is 8.51. The van der Waals surface area contributed by atoms with Gasteiger partial charge in [-0.05, 0) is 59.3 Å². The molecule has 0 N–H and O–H groups in total. The lowest BCUT2D eigenvalue weighted by molar-refractivity contribution is 0.561. The van der Waals surface area contributed by atoms with Gasteiger partial charge in [0.2, 0.25) is 0 Å². The Morgan fingerprint density at radius 3 is 2.78 bits per heavy atom. The minimum atomic E-state index is 0.132. The van der Waals surface area contributed by atoms with Gasteiger partial charge in [0.15, 0.2) is 0 Å². The number of allylic oxidation sites excluding steroid dienone is 9. The van der Waals surface area contributed by atoms with Gasteiger partial charge in [-0.3, -0.25) is 0 Å². The van der Waals surface area contributed by atoms with Gasteiger partial charge in [-0.1, -0.05) is 39.0 Å². The maximum absolute atomic E-state index is 3.33. The van der Waals surface area contributed by atoms with Crippen LogP contribution >= 0.6 is 0 Å². The predicted octanol–water partition coefficient (Wildman–Crippen LogP) is 4.89. The molecule has 3 aliphatic carbocycles. The molecule has 3 rings (SSSR count). The minimum absolute atomic E-state index is 0.132. The van der Waals surface area contributed by atoms with Crippen molar-refractivity contribution in [2.45, 2.75) is 34.1 Å². The predicted molar refractivity (Wildman–Crippen MR) is 77.2 cm³/mol. The van der Waals surface area contributed by atoms with Crippen molar-refractivity contribution >= 4 is 0 Å². The summed E-state index contributed by atoms with van der Waals surface area (Å²) in [7, 11) is 0. The lowest BCUT2D eigenvalue weighted by Gasteiger charge is -2.27. The Morgan fingerprint density at radius 2 is 2.00 bits per heavy atom. The molecule has 0 aliphatic heterocycles. The first-order valence-electron chi connectivity index (χ1n) is 6.79. The molecule has 1 unspecified atom stereocenters. The van der Waals surface area contributed by atoms with E-state index in [0.717, 1.165) is 6.42 Å². The van der Waals surface area contributed by atoms with Crippen molar-refractivity contribution in [3.05, 3.63) is 64.0 Å². The molecule has 0 heterocycles. The van der Waals surface area contributed by atoms with Crippen molar-refractivity contribution in [3.63, 3.8) is 0 Å². The fraction of sp³-hybridized carbons (Fsp3) is 0.389. The number of hydrogen-bond donors (Lipinski definition) is 0. The summed E-state index contributed by atoms with van der Waals surface area (Å²) in [6.07, 6.45) is 12.4. The van der Waals surface area contributed by atoms with Gasteiger partial charge < -0.3 is 0 Å². The molecule has 18 heavy (non-hydrogen) atoms. The van der Waals surface area contributed by atoms with Gasteiger partial charge in [0.05, 0.1) is 0 Å². The molecule has 0 aromatic carbocycles. The van der Waals surface area contributed by atoms with Crippen LogP contribution in [-0.4, -0.2) is 0 Å². The van der Waals surface area contributed by atoms with Crippen LogP contribution in [0.2, 0.25) is 0 Å². The number of hydrogen-bond acceptors (Lipinski definition) is 0. The summed E-state index contributed by atoms with van der Waals surface area (Å²) in [5, 5.41) is 0. The van der Waals surface area contributed by atoms with Crippen LogP contribution in [0.1, 0.15) is 34.1 Å². The Hall–Kier alpha value is -1.52. The highest BCUT2D eigenvalue weighted by molar-refractivity contribution is 5.66. The first kappa shape index (κ1) is 11.6. The van der Waals surface area contributed by atoms with Gasteiger partial charge in [0, 0.05) is 5.41 Å². The van der Waals surface area contributed by atoms with Crippen molar-refractivity contribution in [1.82, 2.24) is 0 Å². The number of rotatable bonds is 0. The summed E-state index contributed by atoms with van der Waals surface area (Å²) in [6.45, 7) is 9.18. The largest absolute Gasteiger partial charge is 0.120 e. The van der Waals surface area contributed by atoms with Crippen LogP contribution in [0.5, 0.6) is 0 Å². The molecule has 0 nitrogen and oxygen atoms in total. The minimum Gasteiger partial charge on any atom is -0.120 e. The Bertz CT molecular complexity index is 594. The molecular formula is C18H20. The standard InChI is InChI=1S/C18H20/c1-12-7-5-9-14-16(11-12)18(3,4)15-10-6-8-13(2)17(14)15/h6-7,9-11,13H,8H2,1-4H3. The van der Waals surface area contributed by atoms with E-state index < -0.39 is 0 Å². The van der Waals surface area contributed by atoms with Gasteiger partial charge in [0.25, 0.3) is 0 Å². The quantitative estimate of drug-likeness (QED) is 0.525. The van der Waals surface area contributed by atoms with Crippen molar-refractivity contribution < 1.29 is 0 Å². The first-order valence-corrected chi connectivity index (χ1v) is 6.79. The van der Waals surface area contributed by atoms with Crippen LogP contribution in [-0.2, 0) is 0 Å². The fourth-order valence-electron chi connectivity index (χ4n) is 3.38. The van der Waals surface area contributed by atoms with Crippen LogP contribution in [0.4, 0.5) is 0 Å². The van der Waals surface area contributed by atoms with Crippen LogP contribution in [0, 0.1) is 11.3 Å². The maximum atomic E-state index is 3.33. The number of fused-ring (bicyclic) bond motifs is 1. The molecule has 0 fully saturated rings. The van der Waals surface area contributed by atoms with Gasteiger partial charge in [0.1, 0.15) is 0 Å². The van der Waals surface area contributed by atoms with Crippen molar-refractivity contribution in [2.75, 3.05) is 0 Å². The van der Waals surface area contributed by atoms with Crippen molar-refractivity contribution in [2.24, 2.45) is 11.3 Å². The summed E-state index contributed by atoms with van der Waals surface area (Å²) in [6, 6.07) is 0. The molecule has 0 amide bonds. The molecule has 0 saturated heterocycles. The zero-order chi connectivity index (χ0) is 12.9. The van der Waals surface area contributed by atoms with Gasteiger partial charge in [-0.25, -0.2) is 0 Å². The molecule has 0 saturated carbocycles. The molecule has 1 atom stereocenters. The average molecular weight is 236 g/mol. The van der Waals surface area contributed by atoms with E-state index in [-0.39, 0.29) is 5.41 Å². The molecule has 0 bridgehead atoms. The van der Waals surface area contributed by atoms with Gasteiger partial charge in [-0.15, -0.1) is 5.73 Å². The van der Waals surface area contributed by atoms with Crippen LogP contribution in [0.25, 0.3) is 0 Å². The normalized spacial score (nSPS) is 28.2. The van der Waals surface area contributed by atoms with E-state index in [1.165, 1.54) is 22.3 Å². The van der Waals surface area contributed by atoms with Gasteiger partial charge >= 0.3 is 0 Å². The highest BCUT2D eigenvalue weighted by Crippen LogP contribution is 2.53. The summed E-state index contributed by atoms with van der Waals surface area (Å²) < 4.78 is 0. The fourth-order valence-corrected chi connectivity index (χ4v) is 3.38. The Balaban J connectivity index is 2.28. The van der Waals surface area contributed by atoms with E-state index in [2.05, 4.69) is 63.8 Å². The van der Waals surface area contributed by atoms with E-state index in [9.17, 15) is 0 Å². The van der Waals surface area contributed by atoms with Crippen LogP contribution in [0.15, 0.2) is 64.0 Å². The van der Waals surface area contributed by atoms with Crippen LogP contribution in [0.3, 0.4) is 0 Å². The molecule has 0 aromatic heterocycles. The second kappa shape index (κ2) is 3.73. The molecule has 3 aliphatic rings. The Labute approximate surface area is 110 Å². The van der Waals surface area contributed by atoms with Crippen molar-refractivity contribution in [3.8, 4) is 0 Å². The summed E-state index contributed by atoms with van der Waals surface area (Å²) in [5.41, 5.74) is 10.7. The maximum Gasteiger partial charge on any atom is 0.0155 e. The van der Waals surface area contributed by atoms with E-state index in [4.69, 9.17) is 0 Å². The third-order valence-electron chi connectivity index (χ3n) is 4.39. The SMILES string of the molecule is CC1=CC2=C(C=C=C1)C1=C(C=CCC1C)C2(C)C. The average Bonchev–Trinajstić information content (AvgIpc) is 2.47. The molecule has 0 spiro atoms. The topological polar surface area (TPSA) is 0 Å². The zero-order valence-electron chi connectivity index (χ0n) is 11.7. The molecular weight excluding hydrogens is 216 g/mol. The second-order valence-corrected chi connectivity index (χ2v) is 6.16. The molecule has 0 heteroatoms. The third kappa shape index (κ3) is 1.46. The zero-order valence-corrected chi connectivity index (χ0v) is 11.7. The summed E-state index contributed by atoms with van der Waals surface area (Å²) >= 11 is 0. The molecule has 92 valence electrons. The Morgan fingerprint density at radius 1 is 1.22 bits per heavy atom. The van der Waals surface area contributed by atoms with E-state index in [1.807, 2.05) is 0 Å². The van der Waals surface area contributed by atoms with Crippen LogP contribution < -0.4 is 0 Å². The lowest BCUT2D eigenvalue weighted by Crippen LogP contribution is -2.15. The summed E-state index contributed by atoms with van der Waals surface area (Å²) in [5.74, 6) is 0.627. The Kier molecular flexibility index (Phi) is 2.40. The molecule has 0 aromatic rings. The van der Waals surface area contributed by atoms with E-state index in [1.54, 1.807) is 5.57 Å². The highest BCUT2D eigenvalue weighted by Gasteiger charge is 2.39. The van der Waals surface area contributed by atoms with Crippen molar-refractivity contribution in [1.29, 1.82) is 0 Å². The second-order valence-electron chi connectivity index (χ2n) is 6.16. The molecule has 0 radical (unpaired) electrons. The van der Waals surface area contributed by atoms with Gasteiger partial charge in [-0.2, -0.15) is 0 Å².